The molecular weight excluding hydrogens is 204 g/mol. The molecular formula is C11H22N4O. The van der Waals surface area contributed by atoms with Crippen molar-refractivity contribution in [3.63, 3.8) is 0 Å². The lowest BCUT2D eigenvalue weighted by Crippen LogP contribution is -2.49. The summed E-state index contributed by atoms with van der Waals surface area (Å²) in [6.07, 6.45) is 3.31. The van der Waals surface area contributed by atoms with Gasteiger partial charge < -0.3 is 16.4 Å². The fourth-order valence-corrected chi connectivity index (χ4v) is 2.63. The minimum absolute atomic E-state index is 0.0475. The van der Waals surface area contributed by atoms with Crippen molar-refractivity contribution < 1.29 is 4.79 Å². The Morgan fingerprint density at radius 1 is 1.19 bits per heavy atom. The Labute approximate surface area is 96.7 Å². The van der Waals surface area contributed by atoms with Gasteiger partial charge in [0.25, 0.3) is 0 Å². The highest BCUT2D eigenvalue weighted by Crippen LogP contribution is 2.19. The molecule has 4 N–H and O–H groups in total. The molecule has 0 aromatic rings. The third-order valence-electron chi connectivity index (χ3n) is 3.78. The summed E-state index contributed by atoms with van der Waals surface area (Å²) in [6.45, 7) is 2.25. The second-order valence-electron chi connectivity index (χ2n) is 5.06. The molecule has 0 saturated carbocycles. The van der Waals surface area contributed by atoms with Gasteiger partial charge in [0.05, 0.1) is 6.04 Å². The van der Waals surface area contributed by atoms with Crippen LogP contribution in [0.2, 0.25) is 0 Å². The predicted octanol–water partition coefficient (Wildman–Crippen LogP) is -1.03. The molecule has 0 radical (unpaired) electrons. The standard InChI is InChI=1S/C11H22N4O/c1-14-5-3-2-4-10(14)11(16)15-6-8(12)9(13)7-15/h8-10H,2-7,12-13H2,1H3. The maximum Gasteiger partial charge on any atom is 0.240 e. The molecule has 5 nitrogen and oxygen atoms in total. The quantitative estimate of drug-likeness (QED) is 0.599. The van der Waals surface area contributed by atoms with Crippen molar-refractivity contribution in [2.75, 3.05) is 26.7 Å². The Hall–Kier alpha value is -0.650. The van der Waals surface area contributed by atoms with Crippen LogP contribution in [0.25, 0.3) is 0 Å². The summed E-state index contributed by atoms with van der Waals surface area (Å²) in [4.78, 5) is 16.3. The van der Waals surface area contributed by atoms with Crippen molar-refractivity contribution in [1.29, 1.82) is 0 Å². The molecule has 2 heterocycles. The van der Waals surface area contributed by atoms with Crippen molar-refractivity contribution in [3.05, 3.63) is 0 Å². The fourth-order valence-electron chi connectivity index (χ4n) is 2.63. The van der Waals surface area contributed by atoms with Crippen molar-refractivity contribution in [3.8, 4) is 0 Å². The van der Waals surface area contributed by atoms with E-state index in [9.17, 15) is 4.79 Å². The first kappa shape index (κ1) is 11.8. The largest absolute Gasteiger partial charge is 0.338 e. The van der Waals surface area contributed by atoms with E-state index in [1.165, 1.54) is 6.42 Å². The molecule has 2 aliphatic heterocycles. The lowest BCUT2D eigenvalue weighted by molar-refractivity contribution is -0.136. The Morgan fingerprint density at radius 2 is 1.81 bits per heavy atom. The topological polar surface area (TPSA) is 75.6 Å². The molecule has 0 bridgehead atoms. The summed E-state index contributed by atoms with van der Waals surface area (Å²) in [5.74, 6) is 0.214. The fraction of sp³-hybridized carbons (Fsp3) is 0.909. The molecule has 3 unspecified atom stereocenters. The van der Waals surface area contributed by atoms with E-state index >= 15 is 0 Å². The number of carbonyl (C=O) groups excluding carboxylic acids is 1. The summed E-state index contributed by atoms with van der Waals surface area (Å²) in [6, 6.07) is -0.0676. The molecule has 0 aromatic carbocycles. The molecule has 2 aliphatic rings. The van der Waals surface area contributed by atoms with Gasteiger partial charge >= 0.3 is 0 Å². The molecule has 2 fully saturated rings. The molecule has 5 heteroatoms. The van der Waals surface area contributed by atoms with Crippen LogP contribution in [0, 0.1) is 0 Å². The summed E-state index contributed by atoms with van der Waals surface area (Å²) in [5, 5.41) is 0. The molecule has 2 rings (SSSR count). The third kappa shape index (κ3) is 2.21. The van der Waals surface area contributed by atoms with Gasteiger partial charge in [0.2, 0.25) is 5.91 Å². The summed E-state index contributed by atoms with van der Waals surface area (Å²) in [7, 11) is 2.03. The first-order valence-corrected chi connectivity index (χ1v) is 6.10. The highest BCUT2D eigenvalue weighted by atomic mass is 16.2. The lowest BCUT2D eigenvalue weighted by Gasteiger charge is -2.34. The monoisotopic (exact) mass is 226 g/mol. The number of hydrogen-bond donors (Lipinski definition) is 2. The van der Waals surface area contributed by atoms with E-state index in [-0.39, 0.29) is 24.0 Å². The van der Waals surface area contributed by atoms with Gasteiger partial charge in [0, 0.05) is 25.2 Å². The second-order valence-corrected chi connectivity index (χ2v) is 5.06. The number of amides is 1. The van der Waals surface area contributed by atoms with E-state index in [1.807, 2.05) is 11.9 Å². The van der Waals surface area contributed by atoms with Crippen LogP contribution in [0.15, 0.2) is 0 Å². The molecule has 2 saturated heterocycles. The van der Waals surface area contributed by atoms with Crippen LogP contribution in [-0.2, 0) is 4.79 Å². The van der Waals surface area contributed by atoms with Gasteiger partial charge in [-0.25, -0.2) is 0 Å². The summed E-state index contributed by atoms with van der Waals surface area (Å²) < 4.78 is 0. The maximum atomic E-state index is 12.3. The molecule has 1 amide bonds. The smallest absolute Gasteiger partial charge is 0.240 e. The zero-order chi connectivity index (χ0) is 11.7. The highest BCUT2D eigenvalue weighted by Gasteiger charge is 2.35. The molecule has 16 heavy (non-hydrogen) atoms. The van der Waals surface area contributed by atoms with Gasteiger partial charge in [0.1, 0.15) is 0 Å². The number of hydrogen-bond acceptors (Lipinski definition) is 4. The zero-order valence-corrected chi connectivity index (χ0v) is 9.93. The normalized spacial score (nSPS) is 36.7. The van der Waals surface area contributed by atoms with Crippen LogP contribution in [0.5, 0.6) is 0 Å². The summed E-state index contributed by atoms with van der Waals surface area (Å²) in [5.41, 5.74) is 11.7. The Balaban J connectivity index is 1.96. The van der Waals surface area contributed by atoms with Crippen LogP contribution in [-0.4, -0.2) is 60.5 Å². The number of nitrogens with two attached hydrogens (primary N) is 2. The van der Waals surface area contributed by atoms with Gasteiger partial charge in [-0.1, -0.05) is 6.42 Å². The highest BCUT2D eigenvalue weighted by molar-refractivity contribution is 5.82. The molecule has 92 valence electrons. The lowest BCUT2D eigenvalue weighted by atomic mass is 10.0. The first-order chi connectivity index (χ1) is 7.59. The molecule has 0 aromatic heterocycles. The molecule has 3 atom stereocenters. The van der Waals surface area contributed by atoms with Crippen LogP contribution < -0.4 is 11.5 Å². The minimum Gasteiger partial charge on any atom is -0.338 e. The third-order valence-corrected chi connectivity index (χ3v) is 3.78. The number of likely N-dealkylation sites (N-methyl/N-ethyl adjacent to an activating group) is 1. The van der Waals surface area contributed by atoms with E-state index in [0.717, 1.165) is 19.4 Å². The molecule has 0 spiro atoms. The van der Waals surface area contributed by atoms with E-state index in [1.54, 1.807) is 0 Å². The number of piperidine rings is 1. The van der Waals surface area contributed by atoms with Crippen LogP contribution in [0.3, 0.4) is 0 Å². The van der Waals surface area contributed by atoms with Gasteiger partial charge in [-0.15, -0.1) is 0 Å². The van der Waals surface area contributed by atoms with E-state index in [4.69, 9.17) is 11.5 Å². The summed E-state index contributed by atoms with van der Waals surface area (Å²) >= 11 is 0. The number of rotatable bonds is 1. The van der Waals surface area contributed by atoms with Gasteiger partial charge in [-0.3, -0.25) is 9.69 Å². The second kappa shape index (κ2) is 4.69. The van der Waals surface area contributed by atoms with Gasteiger partial charge in [-0.2, -0.15) is 0 Å². The van der Waals surface area contributed by atoms with E-state index < -0.39 is 0 Å². The Bertz CT molecular complexity index is 261. The first-order valence-electron chi connectivity index (χ1n) is 6.10. The van der Waals surface area contributed by atoms with Crippen molar-refractivity contribution in [2.24, 2.45) is 11.5 Å². The average Bonchev–Trinajstić information content (AvgIpc) is 2.59. The Kier molecular flexibility index (Phi) is 3.47. The van der Waals surface area contributed by atoms with Crippen LogP contribution >= 0.6 is 0 Å². The van der Waals surface area contributed by atoms with Crippen molar-refractivity contribution >= 4 is 5.91 Å². The van der Waals surface area contributed by atoms with Gasteiger partial charge in [0.15, 0.2) is 0 Å². The molecule has 0 aliphatic carbocycles. The van der Waals surface area contributed by atoms with E-state index in [0.29, 0.717) is 13.1 Å². The van der Waals surface area contributed by atoms with Crippen LogP contribution in [0.1, 0.15) is 19.3 Å². The van der Waals surface area contributed by atoms with Gasteiger partial charge in [-0.05, 0) is 26.4 Å². The van der Waals surface area contributed by atoms with Crippen LogP contribution in [0.4, 0.5) is 0 Å². The van der Waals surface area contributed by atoms with Crippen molar-refractivity contribution in [2.45, 2.75) is 37.4 Å². The minimum atomic E-state index is -0.0575. The number of nitrogens with zero attached hydrogens (tertiary/aromatic N) is 2. The van der Waals surface area contributed by atoms with E-state index in [2.05, 4.69) is 4.90 Å². The SMILES string of the molecule is CN1CCCCC1C(=O)N1CC(N)C(N)C1. The predicted molar refractivity (Wildman–Crippen MR) is 62.8 cm³/mol. The zero-order valence-electron chi connectivity index (χ0n) is 9.93. The van der Waals surface area contributed by atoms with Crippen molar-refractivity contribution in [1.82, 2.24) is 9.80 Å². The Morgan fingerprint density at radius 3 is 2.38 bits per heavy atom. The number of likely N-dealkylation sites (tertiary alicyclic amines) is 2. The number of carbonyl (C=O) groups is 1. The maximum absolute atomic E-state index is 12.3. The average molecular weight is 226 g/mol.